The molecule has 17 nitrogen and oxygen atoms in total. The number of furan rings is 1. The number of amides is 5. The highest BCUT2D eigenvalue weighted by Crippen LogP contribution is 2.26. The van der Waals surface area contributed by atoms with Gasteiger partial charge in [-0.3, -0.25) is 35.1 Å². The van der Waals surface area contributed by atoms with Gasteiger partial charge in [0.25, 0.3) is 29.5 Å². The molecule has 2 aromatic carbocycles. The first kappa shape index (κ1) is 45.4. The van der Waals surface area contributed by atoms with Crippen LogP contribution in [-0.2, 0) is 21.1 Å². The van der Waals surface area contributed by atoms with Crippen LogP contribution in [0.3, 0.4) is 0 Å². The zero-order valence-electron chi connectivity index (χ0n) is 33.4. The van der Waals surface area contributed by atoms with Crippen molar-refractivity contribution in [3.63, 3.8) is 0 Å². The normalized spacial score (nSPS) is 10.8. The van der Waals surface area contributed by atoms with Crippen LogP contribution in [0.5, 0.6) is 0 Å². The summed E-state index contributed by atoms with van der Waals surface area (Å²) in [5.41, 5.74) is 9.25. The third-order valence-electron chi connectivity index (χ3n) is 9.49. The Labute approximate surface area is 366 Å². The molecule has 0 spiro atoms. The average Bonchev–Trinajstić information content (AvgIpc) is 3.99. The van der Waals surface area contributed by atoms with Gasteiger partial charge in [0, 0.05) is 87.3 Å². The number of fused-ring (bicyclic) bond motifs is 1. The zero-order chi connectivity index (χ0) is 43.1. The van der Waals surface area contributed by atoms with Gasteiger partial charge < -0.3 is 62.0 Å². The van der Waals surface area contributed by atoms with Crippen molar-refractivity contribution in [1.29, 1.82) is 0 Å². The van der Waals surface area contributed by atoms with Gasteiger partial charge in [-0.15, -0.1) is 23.2 Å². The molecule has 6 rings (SSSR count). The summed E-state index contributed by atoms with van der Waals surface area (Å²) in [5, 5.41) is 20.0. The first-order valence-electron chi connectivity index (χ1n) is 18.6. The lowest BCUT2D eigenvalue weighted by atomic mass is 10.1. The number of halogens is 3. The molecular weight excluding hydrogens is 849 g/mol. The van der Waals surface area contributed by atoms with Crippen molar-refractivity contribution in [3.8, 4) is 0 Å². The second-order valence-electron chi connectivity index (χ2n) is 13.8. The van der Waals surface area contributed by atoms with E-state index in [4.69, 9.17) is 38.8 Å². The van der Waals surface area contributed by atoms with Crippen LogP contribution in [0.1, 0.15) is 58.8 Å². The number of hydrogen-bond donors (Lipinski definition) is 7. The lowest BCUT2D eigenvalue weighted by molar-refractivity contribution is -0.117. The number of nitrogens with two attached hydrogens (primary N) is 2. The molecular formula is C41H44Cl3N11O6. The Bertz CT molecular complexity index is 2590. The number of hydrogen-bond acceptors (Lipinski definition) is 7. The average molecular weight is 893 g/mol. The molecule has 61 heavy (non-hydrogen) atoms. The number of amidine groups is 1. The van der Waals surface area contributed by atoms with E-state index < -0.39 is 17.7 Å². The van der Waals surface area contributed by atoms with Crippen molar-refractivity contribution in [3.05, 3.63) is 114 Å². The summed E-state index contributed by atoms with van der Waals surface area (Å²) in [5.74, 6) is -0.662. The minimum atomic E-state index is -0.549. The van der Waals surface area contributed by atoms with E-state index in [2.05, 4.69) is 26.6 Å². The number of anilines is 5. The summed E-state index contributed by atoms with van der Waals surface area (Å²) < 4.78 is 10.4. The number of aryl methyl sites for hydroxylation is 2. The smallest absolute Gasteiger partial charge is 0.291 e. The highest BCUT2D eigenvalue weighted by atomic mass is 35.5. The molecule has 0 fully saturated rings. The fraction of sp³-hybridized carbons (Fsp3) is 0.220. The maximum atomic E-state index is 13.3. The zero-order valence-corrected chi connectivity index (χ0v) is 35.6. The number of rotatable bonds is 17. The summed E-state index contributed by atoms with van der Waals surface area (Å²) in [6, 6.07) is 20.0. The van der Waals surface area contributed by atoms with Crippen LogP contribution in [0.15, 0.2) is 89.6 Å². The molecule has 0 unspecified atom stereocenters. The number of nitrogens with one attached hydrogen (secondary N) is 5. The van der Waals surface area contributed by atoms with E-state index in [0.717, 1.165) is 5.69 Å². The number of carbonyl (C=O) groups excluding carboxylic acids is 5. The Kier molecular flexibility index (Phi) is 14.9. The van der Waals surface area contributed by atoms with Gasteiger partial charge in [-0.1, -0.05) is 0 Å². The molecule has 0 saturated carbocycles. The Balaban J connectivity index is 0.00000704. The van der Waals surface area contributed by atoms with E-state index >= 15 is 0 Å². The lowest BCUT2D eigenvalue weighted by Crippen LogP contribution is -3.00. The number of benzene rings is 2. The van der Waals surface area contributed by atoms with Crippen LogP contribution < -0.4 is 55.0 Å². The maximum absolute atomic E-state index is 13.3. The molecule has 5 amide bonds. The predicted octanol–water partition coefficient (Wildman–Crippen LogP) is 0.982. The molecule has 20 heteroatoms. The largest absolute Gasteiger partial charge is 1.00 e. The highest BCUT2D eigenvalue weighted by Gasteiger charge is 2.21. The molecule has 6 aromatic rings. The molecule has 0 aliphatic rings. The Morgan fingerprint density at radius 3 is 1.89 bits per heavy atom. The third kappa shape index (κ3) is 10.9. The van der Waals surface area contributed by atoms with Gasteiger partial charge in [0.05, 0.1) is 17.8 Å². The molecule has 0 atom stereocenters. The number of aromatic nitrogens is 3. The quantitative estimate of drug-likeness (QED) is 0.0396. The van der Waals surface area contributed by atoms with Gasteiger partial charge in [-0.2, -0.15) is 0 Å². The van der Waals surface area contributed by atoms with Gasteiger partial charge >= 0.3 is 0 Å². The van der Waals surface area contributed by atoms with Crippen LogP contribution in [-0.4, -0.2) is 80.5 Å². The topological polar surface area (TPSA) is 228 Å². The summed E-state index contributed by atoms with van der Waals surface area (Å²) in [6.45, 7) is 1.53. The first-order chi connectivity index (χ1) is 28.7. The third-order valence-corrected chi connectivity index (χ3v) is 9.83. The van der Waals surface area contributed by atoms with Crippen molar-refractivity contribution in [2.45, 2.75) is 6.42 Å². The fourth-order valence-corrected chi connectivity index (χ4v) is 6.80. The fourth-order valence-electron chi connectivity index (χ4n) is 6.40. The van der Waals surface area contributed by atoms with E-state index in [1.807, 2.05) is 17.0 Å². The number of alkyl halides is 2. The highest BCUT2D eigenvalue weighted by molar-refractivity contribution is 6.18. The molecule has 320 valence electrons. The monoisotopic (exact) mass is 891 g/mol. The van der Waals surface area contributed by atoms with Crippen LogP contribution in [0.4, 0.5) is 28.6 Å². The SMILES string of the molecule is Cn1cc(NC(=O)c2cc3cc(NC(=O)c4ccc(N(CCCl)CCCl)cc4)ccc3o2)cc1C(=O)Nc1cc(C(=O)Nc2ccc(C(=O)NCCC(N)=[NH2+])n2C)n(C)c1.[Cl-]. The van der Waals surface area contributed by atoms with E-state index in [-0.39, 0.29) is 53.7 Å². The van der Waals surface area contributed by atoms with Crippen molar-refractivity contribution < 1.29 is 46.2 Å². The molecule has 0 saturated heterocycles. The van der Waals surface area contributed by atoms with Crippen molar-refractivity contribution in [2.75, 3.05) is 57.6 Å². The standard InChI is InChI=1S/C41H43Cl2N11O6.ClH/c1-51-23-28(21-31(51)39(57)48-27-20-32(52(2)22-27)40(58)50-36-11-9-30(53(36)3)38(56)46-15-12-35(44)45)49-41(59)34-19-25-18-26(6-10-33(25)60-34)47-37(55)24-4-7-29(8-5-24)54(16-13-42)17-14-43;/h4-11,18-23H,12-17H2,1-3H3,(H3,44,45)(H,46,56)(H,47,55)(H,48,57)(H,49,59)(H,50,58);1H. The van der Waals surface area contributed by atoms with E-state index in [9.17, 15) is 24.0 Å². The van der Waals surface area contributed by atoms with E-state index in [1.165, 1.54) is 16.7 Å². The number of nitrogens with zero attached hydrogens (tertiary/aromatic N) is 4. The molecule has 0 bridgehead atoms. The minimum Gasteiger partial charge on any atom is -1.00 e. The summed E-state index contributed by atoms with van der Waals surface area (Å²) in [6.07, 6.45) is 3.49. The molecule has 0 aliphatic carbocycles. The Morgan fingerprint density at radius 1 is 0.689 bits per heavy atom. The molecule has 0 aliphatic heterocycles. The molecule has 4 aromatic heterocycles. The van der Waals surface area contributed by atoms with E-state index in [1.54, 1.807) is 91.2 Å². The van der Waals surface area contributed by atoms with Crippen LogP contribution in [0, 0.1) is 0 Å². The summed E-state index contributed by atoms with van der Waals surface area (Å²) in [7, 11) is 4.95. The van der Waals surface area contributed by atoms with Crippen molar-refractivity contribution in [2.24, 2.45) is 26.9 Å². The summed E-state index contributed by atoms with van der Waals surface area (Å²) in [4.78, 5) is 67.5. The van der Waals surface area contributed by atoms with Crippen LogP contribution in [0.25, 0.3) is 11.0 Å². The lowest BCUT2D eigenvalue weighted by Gasteiger charge is -2.22. The minimum absolute atomic E-state index is 0. The first-order valence-corrected chi connectivity index (χ1v) is 19.7. The van der Waals surface area contributed by atoms with E-state index in [0.29, 0.717) is 76.4 Å². The second kappa shape index (κ2) is 20.0. The molecule has 0 radical (unpaired) electrons. The van der Waals surface area contributed by atoms with Gasteiger partial charge in [-0.25, -0.2) is 0 Å². The van der Waals surface area contributed by atoms with Gasteiger partial charge in [0.15, 0.2) is 5.76 Å². The molecule has 9 N–H and O–H groups in total. The van der Waals surface area contributed by atoms with Crippen LogP contribution in [0.2, 0.25) is 0 Å². The molecule has 4 heterocycles. The van der Waals surface area contributed by atoms with Gasteiger partial charge in [0.2, 0.25) is 5.84 Å². The van der Waals surface area contributed by atoms with Gasteiger partial charge in [0.1, 0.15) is 28.5 Å². The predicted molar refractivity (Wildman–Crippen MR) is 232 cm³/mol. The van der Waals surface area contributed by atoms with Crippen molar-refractivity contribution >= 4 is 98.1 Å². The maximum Gasteiger partial charge on any atom is 0.291 e. The Hall–Kier alpha value is -6.69. The van der Waals surface area contributed by atoms with Gasteiger partial charge in [-0.05, 0) is 72.8 Å². The summed E-state index contributed by atoms with van der Waals surface area (Å²) >= 11 is 11.8. The second-order valence-corrected chi connectivity index (χ2v) is 14.5. The van der Waals surface area contributed by atoms with Crippen LogP contribution >= 0.6 is 23.2 Å². The Morgan fingerprint density at radius 2 is 1.28 bits per heavy atom. The van der Waals surface area contributed by atoms with Crippen molar-refractivity contribution in [1.82, 2.24) is 19.0 Å². The number of carbonyl (C=O) groups is 5.